The summed E-state index contributed by atoms with van der Waals surface area (Å²) in [5.41, 5.74) is 2.06. The van der Waals surface area contributed by atoms with Gasteiger partial charge in [0.05, 0.1) is 17.8 Å². The minimum absolute atomic E-state index is 0.0237. The molecule has 1 aromatic heterocycles. The topological polar surface area (TPSA) is 67.7 Å². The van der Waals surface area contributed by atoms with Crippen LogP contribution in [-0.4, -0.2) is 69.3 Å². The van der Waals surface area contributed by atoms with Crippen LogP contribution in [0, 0.1) is 6.92 Å². The van der Waals surface area contributed by atoms with Crippen molar-refractivity contribution in [3.63, 3.8) is 0 Å². The Labute approximate surface area is 154 Å². The fraction of sp³-hybridized carbons (Fsp3) is 0.737. The van der Waals surface area contributed by atoms with E-state index in [2.05, 4.69) is 5.10 Å². The molecule has 3 aliphatic rings. The molecule has 0 saturated carbocycles. The summed E-state index contributed by atoms with van der Waals surface area (Å²) in [6, 6.07) is -0.278. The van der Waals surface area contributed by atoms with Crippen molar-refractivity contribution in [3.05, 3.63) is 17.5 Å². The van der Waals surface area contributed by atoms with Gasteiger partial charge in [-0.1, -0.05) is 0 Å². The average Bonchev–Trinajstić information content (AvgIpc) is 3.36. The van der Waals surface area contributed by atoms with Gasteiger partial charge in [-0.3, -0.25) is 14.3 Å². The van der Waals surface area contributed by atoms with Gasteiger partial charge in [-0.2, -0.15) is 5.10 Å². The fourth-order valence-electron chi connectivity index (χ4n) is 4.74. The highest BCUT2D eigenvalue weighted by molar-refractivity contribution is 5.89. The van der Waals surface area contributed by atoms with Gasteiger partial charge in [-0.25, -0.2) is 0 Å². The number of hydrogen-bond acceptors (Lipinski definition) is 4. The van der Waals surface area contributed by atoms with Crippen LogP contribution in [0.15, 0.2) is 6.20 Å². The van der Waals surface area contributed by atoms with Crippen molar-refractivity contribution in [2.75, 3.05) is 19.7 Å². The Kier molecular flexibility index (Phi) is 4.73. The number of fused-ring (bicyclic) bond motifs is 1. The van der Waals surface area contributed by atoms with Crippen LogP contribution in [0.1, 0.15) is 43.4 Å². The molecule has 0 spiro atoms. The van der Waals surface area contributed by atoms with Crippen LogP contribution >= 0.6 is 0 Å². The molecule has 26 heavy (non-hydrogen) atoms. The van der Waals surface area contributed by atoms with Crippen LogP contribution in [0.5, 0.6) is 0 Å². The number of carbonyl (C=O) groups is 2. The highest BCUT2D eigenvalue weighted by Crippen LogP contribution is 2.35. The Morgan fingerprint density at radius 3 is 2.77 bits per heavy atom. The molecular weight excluding hydrogens is 332 g/mol. The summed E-state index contributed by atoms with van der Waals surface area (Å²) in [6.07, 6.45) is 6.70. The highest BCUT2D eigenvalue weighted by atomic mass is 16.5. The summed E-state index contributed by atoms with van der Waals surface area (Å²) in [6.45, 7) is 4.30. The maximum atomic E-state index is 13.1. The predicted molar refractivity (Wildman–Crippen MR) is 95.5 cm³/mol. The van der Waals surface area contributed by atoms with E-state index >= 15 is 0 Å². The van der Waals surface area contributed by atoms with E-state index in [4.69, 9.17) is 4.74 Å². The zero-order valence-electron chi connectivity index (χ0n) is 15.7. The lowest BCUT2D eigenvalue weighted by molar-refractivity contribution is -0.144. The standard InChI is InChI=1S/C19H28N4O3/c1-13-14(12-21(2)20-13)5-6-18(24)23-15-7-10-26-17(15)11-16(23)19(25)22-8-3-4-9-22/h12,15-17H,3-11H2,1-2H3/t15-,16-,17-/m0/s1. The quantitative estimate of drug-likeness (QED) is 0.805. The third-order valence-electron chi connectivity index (χ3n) is 6.04. The van der Waals surface area contributed by atoms with Crippen LogP contribution in [0.25, 0.3) is 0 Å². The number of ether oxygens (including phenoxy) is 1. The summed E-state index contributed by atoms with van der Waals surface area (Å²) >= 11 is 0. The number of nitrogens with zero attached hydrogens (tertiary/aromatic N) is 4. The minimum Gasteiger partial charge on any atom is -0.376 e. The third-order valence-corrected chi connectivity index (χ3v) is 6.04. The van der Waals surface area contributed by atoms with E-state index < -0.39 is 0 Å². The molecule has 4 rings (SSSR count). The highest BCUT2D eigenvalue weighted by Gasteiger charge is 2.50. The van der Waals surface area contributed by atoms with Crippen LogP contribution in [0.3, 0.4) is 0 Å². The van der Waals surface area contributed by atoms with E-state index in [0.717, 1.165) is 43.6 Å². The van der Waals surface area contributed by atoms with E-state index in [9.17, 15) is 9.59 Å². The van der Waals surface area contributed by atoms with Gasteiger partial charge in [0.1, 0.15) is 6.04 Å². The second kappa shape index (κ2) is 7.02. The first-order chi connectivity index (χ1) is 12.5. The largest absolute Gasteiger partial charge is 0.376 e. The van der Waals surface area contributed by atoms with Gasteiger partial charge < -0.3 is 14.5 Å². The van der Waals surface area contributed by atoms with Crippen molar-refractivity contribution in [2.24, 2.45) is 7.05 Å². The van der Waals surface area contributed by atoms with Gasteiger partial charge in [0.15, 0.2) is 0 Å². The number of likely N-dealkylation sites (tertiary alicyclic amines) is 2. The fourth-order valence-corrected chi connectivity index (χ4v) is 4.74. The normalized spacial score (nSPS) is 28.0. The molecule has 1 aromatic rings. The molecule has 0 aliphatic carbocycles. The second-order valence-corrected chi connectivity index (χ2v) is 7.76. The van der Waals surface area contributed by atoms with Crippen LogP contribution in [0.2, 0.25) is 0 Å². The SMILES string of the molecule is Cc1nn(C)cc1CCC(=O)N1[C@H](C(=O)N2CCCC2)C[C@@H]2OCC[C@@H]21. The summed E-state index contributed by atoms with van der Waals surface area (Å²) in [7, 11) is 1.89. The number of amides is 2. The van der Waals surface area contributed by atoms with Gasteiger partial charge in [0.2, 0.25) is 11.8 Å². The molecule has 0 unspecified atom stereocenters. The number of aromatic nitrogens is 2. The van der Waals surface area contributed by atoms with Crippen molar-refractivity contribution in [3.8, 4) is 0 Å². The maximum absolute atomic E-state index is 13.1. The molecule has 3 fully saturated rings. The molecule has 7 nitrogen and oxygen atoms in total. The zero-order valence-corrected chi connectivity index (χ0v) is 15.7. The lowest BCUT2D eigenvalue weighted by atomic mass is 10.1. The maximum Gasteiger partial charge on any atom is 0.245 e. The first-order valence-electron chi connectivity index (χ1n) is 9.75. The monoisotopic (exact) mass is 360 g/mol. The van der Waals surface area contributed by atoms with E-state index in [-0.39, 0.29) is 30.0 Å². The number of rotatable bonds is 4. The smallest absolute Gasteiger partial charge is 0.245 e. The van der Waals surface area contributed by atoms with Crippen molar-refractivity contribution >= 4 is 11.8 Å². The van der Waals surface area contributed by atoms with E-state index in [1.165, 1.54) is 0 Å². The summed E-state index contributed by atoms with van der Waals surface area (Å²) < 4.78 is 7.59. The van der Waals surface area contributed by atoms with Crippen molar-refractivity contribution in [1.82, 2.24) is 19.6 Å². The van der Waals surface area contributed by atoms with Crippen LogP contribution < -0.4 is 0 Å². The van der Waals surface area contributed by atoms with Gasteiger partial charge in [-0.05, 0) is 38.2 Å². The van der Waals surface area contributed by atoms with Gasteiger partial charge in [-0.15, -0.1) is 0 Å². The predicted octanol–water partition coefficient (Wildman–Crippen LogP) is 1.04. The van der Waals surface area contributed by atoms with E-state index in [1.807, 2.05) is 30.0 Å². The molecular formula is C19H28N4O3. The summed E-state index contributed by atoms with van der Waals surface area (Å²) in [5.74, 6) is 0.190. The Balaban J connectivity index is 1.47. The number of carbonyl (C=O) groups excluding carboxylic acids is 2. The first-order valence-corrected chi connectivity index (χ1v) is 9.75. The summed E-state index contributed by atoms with van der Waals surface area (Å²) in [5, 5.41) is 4.35. The second-order valence-electron chi connectivity index (χ2n) is 7.76. The lowest BCUT2D eigenvalue weighted by Crippen LogP contribution is -2.49. The zero-order chi connectivity index (χ0) is 18.3. The van der Waals surface area contributed by atoms with Crippen LogP contribution in [0.4, 0.5) is 0 Å². The molecule has 0 aromatic carbocycles. The Morgan fingerprint density at radius 1 is 1.31 bits per heavy atom. The van der Waals surface area contributed by atoms with Crippen molar-refractivity contribution in [2.45, 2.75) is 63.6 Å². The van der Waals surface area contributed by atoms with Gasteiger partial charge >= 0.3 is 0 Å². The van der Waals surface area contributed by atoms with E-state index in [0.29, 0.717) is 25.9 Å². The molecule has 0 radical (unpaired) electrons. The first kappa shape index (κ1) is 17.5. The molecule has 3 aliphatic heterocycles. The molecule has 3 atom stereocenters. The Hall–Kier alpha value is -1.89. The van der Waals surface area contributed by atoms with Gasteiger partial charge in [0.25, 0.3) is 0 Å². The third kappa shape index (κ3) is 3.13. The number of hydrogen-bond donors (Lipinski definition) is 0. The van der Waals surface area contributed by atoms with Gasteiger partial charge in [0, 0.05) is 45.8 Å². The number of aryl methyl sites for hydroxylation is 3. The average molecular weight is 360 g/mol. The molecule has 3 saturated heterocycles. The minimum atomic E-state index is -0.342. The van der Waals surface area contributed by atoms with Crippen molar-refractivity contribution in [1.29, 1.82) is 0 Å². The molecule has 0 N–H and O–H groups in total. The summed E-state index contributed by atoms with van der Waals surface area (Å²) in [4.78, 5) is 29.9. The Morgan fingerprint density at radius 2 is 2.08 bits per heavy atom. The van der Waals surface area contributed by atoms with E-state index in [1.54, 1.807) is 4.68 Å². The van der Waals surface area contributed by atoms with Crippen LogP contribution in [-0.2, 0) is 27.8 Å². The lowest BCUT2D eigenvalue weighted by Gasteiger charge is -2.31. The molecule has 4 heterocycles. The molecule has 142 valence electrons. The molecule has 2 amide bonds. The molecule has 0 bridgehead atoms. The Bertz CT molecular complexity index is 695. The van der Waals surface area contributed by atoms with Crippen molar-refractivity contribution < 1.29 is 14.3 Å². The molecule has 7 heteroatoms.